The van der Waals surface area contributed by atoms with E-state index in [1.54, 1.807) is 36.3 Å². The van der Waals surface area contributed by atoms with Crippen LogP contribution in [0, 0.1) is 6.92 Å². The van der Waals surface area contributed by atoms with Gasteiger partial charge < -0.3 is 14.6 Å². The Balaban J connectivity index is 1.32. The number of hydrogen-bond donors (Lipinski definition) is 3. The Labute approximate surface area is 208 Å². The number of nitrogens with one attached hydrogen (secondary N) is 3. The van der Waals surface area contributed by atoms with Crippen molar-refractivity contribution in [2.24, 2.45) is 0 Å². The highest BCUT2D eigenvalue weighted by atomic mass is 16.5. The fourth-order valence-corrected chi connectivity index (χ4v) is 4.79. The van der Waals surface area contributed by atoms with Crippen molar-refractivity contribution in [3.05, 3.63) is 101 Å². The minimum atomic E-state index is -0.442. The summed E-state index contributed by atoms with van der Waals surface area (Å²) in [5, 5.41) is 1.05. The standard InChI is InChI=1S/C28H26N4O4/c1-17-25(22-9-5-6-10-23(22)29-17)26-20-7-3-4-8-21(20)28(35)32(26)16-15-24(33)30-31-27(34)18-11-13-19(36-2)14-12-18/h3-14,26,29H,15-16H2,1-2H3,(H,30,33)(H,31,34)/t26-/m0/s1. The first kappa shape index (κ1) is 23.2. The molecule has 3 amide bonds. The van der Waals surface area contributed by atoms with E-state index in [0.717, 1.165) is 27.7 Å². The first-order chi connectivity index (χ1) is 17.5. The average Bonchev–Trinajstić information content (AvgIpc) is 3.38. The Bertz CT molecular complexity index is 1460. The van der Waals surface area contributed by atoms with Crippen LogP contribution in [0.4, 0.5) is 0 Å². The number of H-pyrrole nitrogens is 1. The van der Waals surface area contributed by atoms with Crippen molar-refractivity contribution in [1.82, 2.24) is 20.7 Å². The molecule has 3 aromatic carbocycles. The molecule has 8 nitrogen and oxygen atoms in total. The lowest BCUT2D eigenvalue weighted by molar-refractivity contribution is -0.122. The molecule has 0 fully saturated rings. The summed E-state index contributed by atoms with van der Waals surface area (Å²) in [6.45, 7) is 2.20. The maximum atomic E-state index is 13.4. The van der Waals surface area contributed by atoms with Gasteiger partial charge in [-0.2, -0.15) is 0 Å². The number of aryl methyl sites for hydroxylation is 1. The van der Waals surface area contributed by atoms with Gasteiger partial charge in [0.25, 0.3) is 11.8 Å². The van der Waals surface area contributed by atoms with Crippen LogP contribution in [0.2, 0.25) is 0 Å². The van der Waals surface area contributed by atoms with Crippen LogP contribution in [0.3, 0.4) is 0 Å². The highest BCUT2D eigenvalue weighted by Crippen LogP contribution is 2.42. The third-order valence-corrected chi connectivity index (χ3v) is 6.52. The average molecular weight is 483 g/mol. The van der Waals surface area contributed by atoms with Crippen molar-refractivity contribution in [3.8, 4) is 5.75 Å². The van der Waals surface area contributed by atoms with E-state index >= 15 is 0 Å². The van der Waals surface area contributed by atoms with Crippen LogP contribution in [0.1, 0.15) is 50.0 Å². The molecule has 0 radical (unpaired) electrons. The van der Waals surface area contributed by atoms with Gasteiger partial charge in [-0.15, -0.1) is 0 Å². The molecule has 1 aromatic heterocycles. The van der Waals surface area contributed by atoms with Crippen LogP contribution in [-0.4, -0.2) is 41.3 Å². The summed E-state index contributed by atoms with van der Waals surface area (Å²) in [6.07, 6.45) is 0.0283. The number of para-hydroxylation sites is 1. The van der Waals surface area contributed by atoms with Crippen LogP contribution in [0.15, 0.2) is 72.8 Å². The molecule has 4 aromatic rings. The molecular weight excluding hydrogens is 456 g/mol. The van der Waals surface area contributed by atoms with Crippen molar-refractivity contribution in [1.29, 1.82) is 0 Å². The minimum absolute atomic E-state index is 0.0283. The van der Waals surface area contributed by atoms with Gasteiger partial charge in [0.2, 0.25) is 5.91 Å². The second-order valence-electron chi connectivity index (χ2n) is 8.68. The molecule has 1 aliphatic heterocycles. The molecule has 0 saturated carbocycles. The van der Waals surface area contributed by atoms with E-state index in [4.69, 9.17) is 4.74 Å². The topological polar surface area (TPSA) is 104 Å². The molecule has 2 heterocycles. The zero-order valence-corrected chi connectivity index (χ0v) is 20.0. The van der Waals surface area contributed by atoms with E-state index in [0.29, 0.717) is 16.9 Å². The zero-order chi connectivity index (χ0) is 25.2. The number of amides is 3. The minimum Gasteiger partial charge on any atom is -0.497 e. The highest BCUT2D eigenvalue weighted by Gasteiger charge is 2.39. The van der Waals surface area contributed by atoms with Gasteiger partial charge in [-0.05, 0) is 48.9 Å². The summed E-state index contributed by atoms with van der Waals surface area (Å²) in [5.74, 6) is -0.319. The van der Waals surface area contributed by atoms with Crippen LogP contribution in [0.25, 0.3) is 10.9 Å². The van der Waals surface area contributed by atoms with Gasteiger partial charge in [-0.3, -0.25) is 25.2 Å². The summed E-state index contributed by atoms with van der Waals surface area (Å²) in [5.41, 5.74) is 9.82. The van der Waals surface area contributed by atoms with Crippen molar-refractivity contribution >= 4 is 28.6 Å². The molecule has 0 unspecified atom stereocenters. The van der Waals surface area contributed by atoms with E-state index in [-0.39, 0.29) is 24.9 Å². The molecule has 182 valence electrons. The van der Waals surface area contributed by atoms with Gasteiger partial charge in [-0.1, -0.05) is 36.4 Å². The molecular formula is C28H26N4O4. The van der Waals surface area contributed by atoms with Gasteiger partial charge in [-0.25, -0.2) is 0 Å². The molecule has 1 atom stereocenters. The maximum absolute atomic E-state index is 13.4. The molecule has 0 saturated heterocycles. The van der Waals surface area contributed by atoms with Crippen LogP contribution >= 0.6 is 0 Å². The maximum Gasteiger partial charge on any atom is 0.269 e. The first-order valence-electron chi connectivity index (χ1n) is 11.7. The Hall–Kier alpha value is -4.59. The van der Waals surface area contributed by atoms with Gasteiger partial charge in [0.15, 0.2) is 0 Å². The molecule has 0 bridgehead atoms. The van der Waals surface area contributed by atoms with Gasteiger partial charge in [0, 0.05) is 46.3 Å². The fraction of sp³-hybridized carbons (Fsp3) is 0.179. The number of hydrogen-bond acceptors (Lipinski definition) is 4. The number of fused-ring (bicyclic) bond motifs is 2. The number of hydrazine groups is 1. The predicted octanol–water partition coefficient (Wildman–Crippen LogP) is 3.88. The Morgan fingerprint density at radius 1 is 0.972 bits per heavy atom. The Morgan fingerprint density at radius 2 is 1.69 bits per heavy atom. The first-order valence-corrected chi connectivity index (χ1v) is 11.7. The number of aromatic amines is 1. The summed E-state index contributed by atoms with van der Waals surface area (Å²) in [4.78, 5) is 43.5. The third-order valence-electron chi connectivity index (χ3n) is 6.52. The van der Waals surface area contributed by atoms with E-state index in [1.807, 2.05) is 55.5 Å². The second-order valence-corrected chi connectivity index (χ2v) is 8.68. The number of carbonyl (C=O) groups excluding carboxylic acids is 3. The van der Waals surface area contributed by atoms with Gasteiger partial charge in [0.1, 0.15) is 5.75 Å². The molecule has 8 heteroatoms. The summed E-state index contributed by atoms with van der Waals surface area (Å²) in [6, 6.07) is 21.8. The van der Waals surface area contributed by atoms with E-state index in [9.17, 15) is 14.4 Å². The fourth-order valence-electron chi connectivity index (χ4n) is 4.79. The smallest absolute Gasteiger partial charge is 0.269 e. The third kappa shape index (κ3) is 4.17. The van der Waals surface area contributed by atoms with Crippen molar-refractivity contribution < 1.29 is 19.1 Å². The van der Waals surface area contributed by atoms with E-state index in [1.165, 1.54) is 0 Å². The number of aromatic nitrogens is 1. The SMILES string of the molecule is COc1ccc(C(=O)NNC(=O)CCN2C(=O)c3ccccc3[C@H]2c2c(C)[nH]c3ccccc23)cc1. The largest absolute Gasteiger partial charge is 0.497 e. The number of carbonyl (C=O) groups is 3. The van der Waals surface area contributed by atoms with Crippen LogP contribution in [-0.2, 0) is 4.79 Å². The molecule has 0 spiro atoms. The summed E-state index contributed by atoms with van der Waals surface area (Å²) in [7, 11) is 1.54. The Kier molecular flexibility index (Phi) is 6.16. The molecule has 36 heavy (non-hydrogen) atoms. The number of nitrogens with zero attached hydrogens (tertiary/aromatic N) is 1. The number of benzene rings is 3. The number of rotatable bonds is 6. The molecule has 3 N–H and O–H groups in total. The van der Waals surface area contributed by atoms with Gasteiger partial charge >= 0.3 is 0 Å². The molecule has 0 aliphatic carbocycles. The lowest BCUT2D eigenvalue weighted by Crippen LogP contribution is -2.43. The Morgan fingerprint density at radius 3 is 2.47 bits per heavy atom. The predicted molar refractivity (Wildman–Crippen MR) is 136 cm³/mol. The van der Waals surface area contributed by atoms with Crippen molar-refractivity contribution in [3.63, 3.8) is 0 Å². The lowest BCUT2D eigenvalue weighted by Gasteiger charge is -2.26. The summed E-state index contributed by atoms with van der Waals surface area (Å²) < 4.78 is 5.09. The van der Waals surface area contributed by atoms with Crippen molar-refractivity contribution in [2.45, 2.75) is 19.4 Å². The number of methoxy groups -OCH3 is 1. The highest BCUT2D eigenvalue weighted by molar-refractivity contribution is 6.01. The molecule has 5 rings (SSSR count). The quantitative estimate of drug-likeness (QED) is 0.363. The zero-order valence-electron chi connectivity index (χ0n) is 20.0. The molecule has 1 aliphatic rings. The van der Waals surface area contributed by atoms with E-state index < -0.39 is 11.8 Å². The normalized spacial score (nSPS) is 14.6. The second kappa shape index (κ2) is 9.58. The monoisotopic (exact) mass is 482 g/mol. The van der Waals surface area contributed by atoms with E-state index in [2.05, 4.69) is 15.8 Å². The summed E-state index contributed by atoms with van der Waals surface area (Å²) >= 11 is 0. The van der Waals surface area contributed by atoms with Crippen LogP contribution in [0.5, 0.6) is 5.75 Å². The van der Waals surface area contributed by atoms with Crippen molar-refractivity contribution in [2.75, 3.05) is 13.7 Å². The van der Waals surface area contributed by atoms with Crippen LogP contribution < -0.4 is 15.6 Å². The lowest BCUT2D eigenvalue weighted by atomic mass is 9.95. The number of ether oxygens (including phenoxy) is 1. The van der Waals surface area contributed by atoms with Gasteiger partial charge in [0.05, 0.1) is 13.2 Å².